The van der Waals surface area contributed by atoms with Gasteiger partial charge in [0.2, 0.25) is 5.91 Å². The number of ether oxygens (including phenoxy) is 1. The molecule has 0 fully saturated rings. The van der Waals surface area contributed by atoms with E-state index in [1.807, 2.05) is 13.0 Å². The van der Waals surface area contributed by atoms with Crippen LogP contribution in [0.3, 0.4) is 0 Å². The normalized spacial score (nSPS) is 10.0. The summed E-state index contributed by atoms with van der Waals surface area (Å²) in [5.41, 5.74) is 0.843. The van der Waals surface area contributed by atoms with Crippen LogP contribution in [-0.4, -0.2) is 24.7 Å². The third-order valence-electron chi connectivity index (χ3n) is 2.55. The van der Waals surface area contributed by atoms with Gasteiger partial charge in [-0.25, -0.2) is 0 Å². The monoisotopic (exact) mass is 237 g/mol. The summed E-state index contributed by atoms with van der Waals surface area (Å²) in [7, 11) is 1.59. The van der Waals surface area contributed by atoms with E-state index in [0.717, 1.165) is 17.7 Å². The van der Waals surface area contributed by atoms with Crippen molar-refractivity contribution >= 4 is 5.91 Å². The van der Waals surface area contributed by atoms with E-state index in [4.69, 9.17) is 4.74 Å². The van der Waals surface area contributed by atoms with Gasteiger partial charge in [-0.1, -0.05) is 6.92 Å². The Morgan fingerprint density at radius 2 is 2.24 bits per heavy atom. The number of phenolic OH excluding ortho intramolecular Hbond substituents is 1. The van der Waals surface area contributed by atoms with Crippen LogP contribution in [-0.2, 0) is 11.2 Å². The molecule has 0 atom stereocenters. The second-order valence-electron chi connectivity index (χ2n) is 3.80. The van der Waals surface area contributed by atoms with Crippen LogP contribution in [0.25, 0.3) is 0 Å². The molecule has 0 aromatic heterocycles. The van der Waals surface area contributed by atoms with Crippen molar-refractivity contribution in [2.75, 3.05) is 13.7 Å². The molecule has 0 aliphatic rings. The van der Waals surface area contributed by atoms with Crippen LogP contribution in [0.4, 0.5) is 0 Å². The first kappa shape index (κ1) is 13.4. The highest BCUT2D eigenvalue weighted by molar-refractivity contribution is 5.75. The molecule has 1 rings (SSSR count). The van der Waals surface area contributed by atoms with Crippen LogP contribution >= 0.6 is 0 Å². The van der Waals surface area contributed by atoms with E-state index in [9.17, 15) is 9.90 Å². The molecule has 1 amide bonds. The molecule has 0 aliphatic carbocycles. The smallest absolute Gasteiger partial charge is 0.219 e. The average Bonchev–Trinajstić information content (AvgIpc) is 2.36. The number of carbonyl (C=O) groups excluding carboxylic acids is 1. The minimum atomic E-state index is 0.0554. The Hall–Kier alpha value is -1.71. The second-order valence-corrected chi connectivity index (χ2v) is 3.80. The molecule has 0 saturated heterocycles. The zero-order valence-electron chi connectivity index (χ0n) is 10.3. The van der Waals surface area contributed by atoms with Crippen molar-refractivity contribution in [3.05, 3.63) is 23.8 Å². The maximum absolute atomic E-state index is 11.0. The molecule has 0 aliphatic heterocycles. The van der Waals surface area contributed by atoms with Crippen molar-refractivity contribution in [2.45, 2.75) is 26.2 Å². The van der Waals surface area contributed by atoms with E-state index in [1.165, 1.54) is 0 Å². The fourth-order valence-electron chi connectivity index (χ4n) is 1.52. The average molecular weight is 237 g/mol. The number of benzene rings is 1. The van der Waals surface area contributed by atoms with Gasteiger partial charge < -0.3 is 15.2 Å². The third kappa shape index (κ3) is 4.34. The van der Waals surface area contributed by atoms with Gasteiger partial charge in [-0.15, -0.1) is 0 Å². The standard InChI is InChI=1S/C13H19NO3/c1-3-13(16)14-8-4-5-10-9-11(17-2)6-7-12(10)15/h6-7,9,15H,3-5,8H2,1-2H3,(H,14,16). The van der Waals surface area contributed by atoms with Crippen LogP contribution in [0, 0.1) is 0 Å². The molecular weight excluding hydrogens is 218 g/mol. The van der Waals surface area contributed by atoms with Crippen LogP contribution < -0.4 is 10.1 Å². The quantitative estimate of drug-likeness (QED) is 0.742. The lowest BCUT2D eigenvalue weighted by atomic mass is 10.1. The number of hydrogen-bond acceptors (Lipinski definition) is 3. The summed E-state index contributed by atoms with van der Waals surface area (Å²) in [4.78, 5) is 11.0. The summed E-state index contributed by atoms with van der Waals surface area (Å²) in [6.07, 6.45) is 2.02. The molecule has 17 heavy (non-hydrogen) atoms. The third-order valence-corrected chi connectivity index (χ3v) is 2.55. The van der Waals surface area contributed by atoms with Crippen molar-refractivity contribution in [1.29, 1.82) is 0 Å². The number of nitrogens with one attached hydrogen (secondary N) is 1. The Kier molecular flexibility index (Phi) is 5.33. The molecule has 0 saturated carbocycles. The van der Waals surface area contributed by atoms with Gasteiger partial charge in [-0.2, -0.15) is 0 Å². The molecule has 1 aromatic carbocycles. The number of carbonyl (C=O) groups is 1. The highest BCUT2D eigenvalue weighted by Gasteiger charge is 2.03. The topological polar surface area (TPSA) is 58.6 Å². The van der Waals surface area contributed by atoms with Crippen molar-refractivity contribution in [3.63, 3.8) is 0 Å². The fraction of sp³-hybridized carbons (Fsp3) is 0.462. The maximum atomic E-state index is 11.0. The minimum absolute atomic E-state index is 0.0554. The number of rotatable bonds is 6. The number of phenols is 1. The summed E-state index contributed by atoms with van der Waals surface area (Å²) in [6.45, 7) is 2.45. The van der Waals surface area contributed by atoms with E-state index in [2.05, 4.69) is 5.32 Å². The lowest BCUT2D eigenvalue weighted by molar-refractivity contribution is -0.120. The molecular formula is C13H19NO3. The molecule has 0 bridgehead atoms. The number of aryl methyl sites for hydroxylation is 1. The molecule has 0 heterocycles. The van der Waals surface area contributed by atoms with Gasteiger partial charge in [-0.05, 0) is 36.6 Å². The largest absolute Gasteiger partial charge is 0.508 e. The minimum Gasteiger partial charge on any atom is -0.508 e. The lowest BCUT2D eigenvalue weighted by Crippen LogP contribution is -2.23. The molecule has 94 valence electrons. The van der Waals surface area contributed by atoms with E-state index >= 15 is 0 Å². The first-order chi connectivity index (χ1) is 8.17. The van der Waals surface area contributed by atoms with Gasteiger partial charge in [0.15, 0.2) is 0 Å². The van der Waals surface area contributed by atoms with Crippen molar-refractivity contribution < 1.29 is 14.6 Å². The van der Waals surface area contributed by atoms with E-state index in [-0.39, 0.29) is 11.7 Å². The van der Waals surface area contributed by atoms with Crippen molar-refractivity contribution in [1.82, 2.24) is 5.32 Å². The van der Waals surface area contributed by atoms with Gasteiger partial charge >= 0.3 is 0 Å². The molecule has 4 heteroatoms. The summed E-state index contributed by atoms with van der Waals surface area (Å²) >= 11 is 0. The Balaban J connectivity index is 2.43. The molecule has 0 unspecified atom stereocenters. The molecule has 1 aromatic rings. The first-order valence-corrected chi connectivity index (χ1v) is 5.80. The molecule has 0 radical (unpaired) electrons. The Morgan fingerprint density at radius 3 is 2.88 bits per heavy atom. The van der Waals surface area contributed by atoms with Crippen molar-refractivity contribution in [3.8, 4) is 11.5 Å². The van der Waals surface area contributed by atoms with Gasteiger partial charge in [0.05, 0.1) is 7.11 Å². The molecule has 2 N–H and O–H groups in total. The fourth-order valence-corrected chi connectivity index (χ4v) is 1.52. The highest BCUT2D eigenvalue weighted by Crippen LogP contribution is 2.23. The number of hydrogen-bond donors (Lipinski definition) is 2. The Labute approximate surface area is 102 Å². The van der Waals surface area contributed by atoms with Gasteiger partial charge in [0, 0.05) is 13.0 Å². The summed E-state index contributed by atoms with van der Waals surface area (Å²) in [6, 6.07) is 5.16. The summed E-state index contributed by atoms with van der Waals surface area (Å²) < 4.78 is 5.09. The zero-order valence-corrected chi connectivity index (χ0v) is 10.3. The Morgan fingerprint density at radius 1 is 1.47 bits per heavy atom. The Bertz CT molecular complexity index is 377. The van der Waals surface area contributed by atoms with E-state index in [0.29, 0.717) is 19.4 Å². The van der Waals surface area contributed by atoms with Gasteiger partial charge in [-0.3, -0.25) is 4.79 Å². The van der Waals surface area contributed by atoms with E-state index in [1.54, 1.807) is 19.2 Å². The second kappa shape index (κ2) is 6.78. The SMILES string of the molecule is CCC(=O)NCCCc1cc(OC)ccc1O. The number of methoxy groups -OCH3 is 1. The maximum Gasteiger partial charge on any atom is 0.219 e. The van der Waals surface area contributed by atoms with Crippen molar-refractivity contribution in [2.24, 2.45) is 0 Å². The van der Waals surface area contributed by atoms with E-state index < -0.39 is 0 Å². The highest BCUT2D eigenvalue weighted by atomic mass is 16.5. The summed E-state index contributed by atoms with van der Waals surface area (Å²) in [5, 5.41) is 12.4. The predicted molar refractivity (Wildman–Crippen MR) is 66.3 cm³/mol. The summed E-state index contributed by atoms with van der Waals surface area (Å²) in [5.74, 6) is 1.06. The molecule has 4 nitrogen and oxygen atoms in total. The predicted octanol–water partition coefficient (Wildman–Crippen LogP) is 1.86. The van der Waals surface area contributed by atoms with Crippen LogP contribution in [0.5, 0.6) is 11.5 Å². The van der Waals surface area contributed by atoms with Crippen LogP contribution in [0.15, 0.2) is 18.2 Å². The van der Waals surface area contributed by atoms with Crippen LogP contribution in [0.1, 0.15) is 25.3 Å². The van der Waals surface area contributed by atoms with Gasteiger partial charge in [0.1, 0.15) is 11.5 Å². The first-order valence-electron chi connectivity index (χ1n) is 5.80. The number of amides is 1. The number of aromatic hydroxyl groups is 1. The van der Waals surface area contributed by atoms with Gasteiger partial charge in [0.25, 0.3) is 0 Å². The molecule has 0 spiro atoms. The van der Waals surface area contributed by atoms with Crippen LogP contribution in [0.2, 0.25) is 0 Å². The zero-order chi connectivity index (χ0) is 12.7. The lowest BCUT2D eigenvalue weighted by Gasteiger charge is -2.07.